The van der Waals surface area contributed by atoms with Crippen molar-refractivity contribution in [3.8, 4) is 11.1 Å². The van der Waals surface area contributed by atoms with Crippen molar-refractivity contribution in [2.45, 2.75) is 64.1 Å². The van der Waals surface area contributed by atoms with E-state index in [0.717, 1.165) is 65.9 Å². The first-order valence-electron chi connectivity index (χ1n) is 16.2. The molecule has 0 saturated carbocycles. The summed E-state index contributed by atoms with van der Waals surface area (Å²) in [5.41, 5.74) is 6.07. The Morgan fingerprint density at radius 3 is 2.29 bits per heavy atom. The van der Waals surface area contributed by atoms with Crippen LogP contribution in [0.4, 0.5) is 4.79 Å². The number of nitrogens with zero attached hydrogens (tertiary/aromatic N) is 1. The molecule has 0 aliphatic carbocycles. The quantitative estimate of drug-likeness (QED) is 0.301. The molecule has 3 aliphatic rings. The summed E-state index contributed by atoms with van der Waals surface area (Å²) in [5.74, 6) is -0.295. The van der Waals surface area contributed by atoms with E-state index in [-0.39, 0.29) is 30.8 Å². The molecule has 2 amide bonds. The molecule has 3 saturated heterocycles. The van der Waals surface area contributed by atoms with E-state index in [9.17, 15) is 9.90 Å². The molecule has 3 aromatic rings. The van der Waals surface area contributed by atoms with E-state index in [1.165, 1.54) is 0 Å². The van der Waals surface area contributed by atoms with Crippen LogP contribution in [0.5, 0.6) is 0 Å². The molecule has 3 heterocycles. The van der Waals surface area contributed by atoms with Gasteiger partial charge < -0.3 is 39.6 Å². The second-order valence-corrected chi connectivity index (χ2v) is 12.2. The van der Waals surface area contributed by atoms with E-state index in [1.807, 2.05) is 37.3 Å². The predicted molar refractivity (Wildman–Crippen MR) is 171 cm³/mol. The van der Waals surface area contributed by atoms with Crippen molar-refractivity contribution < 1.29 is 28.8 Å². The van der Waals surface area contributed by atoms with Gasteiger partial charge in [-0.25, -0.2) is 4.79 Å². The highest BCUT2D eigenvalue weighted by molar-refractivity contribution is 5.74. The molecule has 0 bridgehead atoms. The van der Waals surface area contributed by atoms with Crippen molar-refractivity contribution >= 4 is 6.03 Å². The molecule has 9 heteroatoms. The molecule has 3 N–H and O–H groups in total. The van der Waals surface area contributed by atoms with Crippen LogP contribution in [0.1, 0.15) is 61.3 Å². The molecule has 1 spiro atoms. The zero-order valence-corrected chi connectivity index (χ0v) is 26.2. The van der Waals surface area contributed by atoms with Crippen molar-refractivity contribution in [3.05, 3.63) is 95.1 Å². The van der Waals surface area contributed by atoms with Crippen LogP contribution in [0.15, 0.2) is 72.8 Å². The summed E-state index contributed by atoms with van der Waals surface area (Å²) in [6.07, 6.45) is 0.977. The van der Waals surface area contributed by atoms with E-state index < -0.39 is 12.1 Å². The Morgan fingerprint density at radius 2 is 1.60 bits per heavy atom. The van der Waals surface area contributed by atoms with Gasteiger partial charge in [0.1, 0.15) is 0 Å². The second kappa shape index (κ2) is 14.4. The Kier molecular flexibility index (Phi) is 10.1. The van der Waals surface area contributed by atoms with E-state index in [0.29, 0.717) is 26.3 Å². The first kappa shape index (κ1) is 31.7. The summed E-state index contributed by atoms with van der Waals surface area (Å²) in [6.45, 7) is 9.08. The summed E-state index contributed by atoms with van der Waals surface area (Å²) in [6, 6.07) is 24.3. The number of benzene rings is 3. The fraction of sp³-hybridized carbons (Fsp3) is 0.472. The van der Waals surface area contributed by atoms with E-state index in [2.05, 4.69) is 64.9 Å². The molecule has 45 heavy (non-hydrogen) atoms. The summed E-state index contributed by atoms with van der Waals surface area (Å²) < 4.78 is 25.3. The van der Waals surface area contributed by atoms with Gasteiger partial charge in [-0.15, -0.1) is 0 Å². The lowest BCUT2D eigenvalue weighted by Crippen LogP contribution is -2.50. The highest BCUT2D eigenvalue weighted by Crippen LogP contribution is 2.43. The number of aliphatic hydroxyl groups is 1. The number of hydrogen-bond acceptors (Lipinski definition) is 7. The lowest BCUT2D eigenvalue weighted by atomic mass is 9.89. The third-order valence-electron chi connectivity index (χ3n) is 9.28. The van der Waals surface area contributed by atoms with E-state index in [4.69, 9.17) is 18.9 Å². The normalized spacial score (nSPS) is 24.9. The Labute approximate surface area is 265 Å². The molecular formula is C36H45N3O6. The van der Waals surface area contributed by atoms with Crippen molar-refractivity contribution in [1.29, 1.82) is 0 Å². The topological polar surface area (TPSA) is 102 Å². The Hall–Kier alpha value is -3.31. The minimum absolute atomic E-state index is 0.0110. The predicted octanol–water partition coefficient (Wildman–Crippen LogP) is 5.30. The van der Waals surface area contributed by atoms with E-state index >= 15 is 0 Å². The summed E-state index contributed by atoms with van der Waals surface area (Å²) >= 11 is 0. The fourth-order valence-electron chi connectivity index (χ4n) is 6.62. The molecule has 0 aromatic heterocycles. The first-order valence-corrected chi connectivity index (χ1v) is 16.2. The molecule has 0 radical (unpaired) electrons. The van der Waals surface area contributed by atoms with Crippen LogP contribution in [0.3, 0.4) is 0 Å². The molecule has 4 atom stereocenters. The minimum Gasteiger partial charge on any atom is -0.392 e. The number of hydrogen-bond donors (Lipinski definition) is 3. The Morgan fingerprint density at radius 1 is 0.911 bits per heavy atom. The third kappa shape index (κ3) is 7.41. The van der Waals surface area contributed by atoms with Crippen LogP contribution in [-0.2, 0) is 32.1 Å². The van der Waals surface area contributed by atoms with E-state index in [1.54, 1.807) is 0 Å². The molecule has 3 aliphatic heterocycles. The number of amides is 2. The lowest BCUT2D eigenvalue weighted by Gasteiger charge is -2.44. The number of likely N-dealkylation sites (tertiary alicyclic amines) is 1. The van der Waals surface area contributed by atoms with Gasteiger partial charge in [0.2, 0.25) is 0 Å². The molecule has 3 fully saturated rings. The van der Waals surface area contributed by atoms with Crippen molar-refractivity contribution in [2.75, 3.05) is 39.4 Å². The van der Waals surface area contributed by atoms with Gasteiger partial charge >= 0.3 is 6.03 Å². The van der Waals surface area contributed by atoms with Crippen molar-refractivity contribution in [1.82, 2.24) is 15.5 Å². The van der Waals surface area contributed by atoms with Crippen LogP contribution in [0.2, 0.25) is 0 Å². The maximum absolute atomic E-state index is 12.0. The number of rotatable bonds is 9. The van der Waals surface area contributed by atoms with Gasteiger partial charge in [0.15, 0.2) is 12.1 Å². The van der Waals surface area contributed by atoms with Crippen molar-refractivity contribution in [3.63, 3.8) is 0 Å². The van der Waals surface area contributed by atoms with Crippen LogP contribution >= 0.6 is 0 Å². The zero-order chi connectivity index (χ0) is 31.2. The Bertz CT molecular complexity index is 1400. The van der Waals surface area contributed by atoms with Gasteiger partial charge in [-0.05, 0) is 34.7 Å². The minimum atomic E-state index is -0.532. The monoisotopic (exact) mass is 615 g/mol. The SMILES string of the molecule is CCNC(=O)NCc1ccccc1-c1ccc(C2OC(CN3CCC4(CC3)OCCO4)C(C)C(c3ccc(CO)cc3)O2)cc1. The molecule has 9 nitrogen and oxygen atoms in total. The summed E-state index contributed by atoms with van der Waals surface area (Å²) in [4.78, 5) is 14.5. The highest BCUT2D eigenvalue weighted by Gasteiger charge is 2.43. The van der Waals surface area contributed by atoms with Crippen molar-refractivity contribution in [2.24, 2.45) is 5.92 Å². The molecule has 6 rings (SSSR count). The molecule has 3 aromatic carbocycles. The van der Waals surface area contributed by atoms with Gasteiger partial charge in [0.25, 0.3) is 0 Å². The van der Waals surface area contributed by atoms with Gasteiger partial charge in [-0.1, -0.05) is 79.7 Å². The van der Waals surface area contributed by atoms with Gasteiger partial charge in [-0.3, -0.25) is 0 Å². The largest absolute Gasteiger partial charge is 0.392 e. The standard InChI is InChI=1S/C36H45N3O6/c1-3-37-35(41)38-22-30-6-4-5-7-31(30)27-12-14-29(15-13-27)34-44-32(23-39-18-16-36(17-19-39)42-20-21-43-36)25(2)33(45-34)28-10-8-26(24-40)9-11-28/h4-15,25,32-34,40H,3,16-24H2,1-2H3,(H2,37,38,41). The summed E-state index contributed by atoms with van der Waals surface area (Å²) in [5, 5.41) is 15.3. The van der Waals surface area contributed by atoms with Crippen LogP contribution in [0, 0.1) is 5.92 Å². The zero-order valence-electron chi connectivity index (χ0n) is 26.2. The molecule has 4 unspecified atom stereocenters. The van der Waals surface area contributed by atoms with Crippen LogP contribution in [0.25, 0.3) is 11.1 Å². The summed E-state index contributed by atoms with van der Waals surface area (Å²) in [7, 11) is 0. The maximum atomic E-state index is 12.0. The number of carbonyl (C=O) groups excluding carboxylic acids is 1. The van der Waals surface area contributed by atoms with Gasteiger partial charge in [0, 0.05) is 57.0 Å². The van der Waals surface area contributed by atoms with Crippen LogP contribution in [-0.4, -0.2) is 67.3 Å². The highest BCUT2D eigenvalue weighted by atomic mass is 16.7. The Balaban J connectivity index is 1.20. The first-order chi connectivity index (χ1) is 22.0. The molecular weight excluding hydrogens is 570 g/mol. The average molecular weight is 616 g/mol. The van der Waals surface area contributed by atoms with Gasteiger partial charge in [0.05, 0.1) is 32.0 Å². The third-order valence-corrected chi connectivity index (χ3v) is 9.28. The number of ether oxygens (including phenoxy) is 4. The van der Waals surface area contributed by atoms with Crippen LogP contribution < -0.4 is 10.6 Å². The lowest BCUT2D eigenvalue weighted by molar-refractivity contribution is -0.278. The second-order valence-electron chi connectivity index (χ2n) is 12.2. The number of aliphatic hydroxyl groups excluding tert-OH is 1. The molecule has 240 valence electrons. The fourth-order valence-corrected chi connectivity index (χ4v) is 6.62. The average Bonchev–Trinajstić information content (AvgIpc) is 3.54. The number of carbonyl (C=O) groups is 1. The number of urea groups is 1. The smallest absolute Gasteiger partial charge is 0.315 e. The maximum Gasteiger partial charge on any atom is 0.315 e. The van der Waals surface area contributed by atoms with Gasteiger partial charge in [-0.2, -0.15) is 0 Å². The number of piperidine rings is 1. The number of nitrogens with one attached hydrogen (secondary N) is 2.